The van der Waals surface area contributed by atoms with E-state index in [9.17, 15) is 0 Å². The first-order valence-electron chi connectivity index (χ1n) is 6.50. The molecule has 1 heterocycles. The molecule has 1 fully saturated rings. The standard InChI is InChI=1S/C14H20N2O2S/c1-10-5-6-12(13(8-10)17-2)16-14(19)15-9-11-4-3-7-18-11/h5-6,8,11H,3-4,7,9H2,1-2H3,(H2,15,16,19)/t11-/m1/s1. The number of benzene rings is 1. The lowest BCUT2D eigenvalue weighted by molar-refractivity contribution is 0.114. The largest absolute Gasteiger partial charge is 0.495 e. The van der Waals surface area contributed by atoms with Gasteiger partial charge in [-0.2, -0.15) is 0 Å². The van der Waals surface area contributed by atoms with Crippen molar-refractivity contribution in [2.24, 2.45) is 0 Å². The molecule has 5 heteroatoms. The molecule has 0 saturated carbocycles. The van der Waals surface area contributed by atoms with Gasteiger partial charge in [0.1, 0.15) is 5.75 Å². The van der Waals surface area contributed by atoms with E-state index in [1.54, 1.807) is 7.11 Å². The molecule has 0 amide bonds. The van der Waals surface area contributed by atoms with Crippen LogP contribution in [0.25, 0.3) is 0 Å². The van der Waals surface area contributed by atoms with Gasteiger partial charge in [0.15, 0.2) is 5.11 Å². The summed E-state index contributed by atoms with van der Waals surface area (Å²) >= 11 is 5.28. The van der Waals surface area contributed by atoms with Crippen LogP contribution in [0, 0.1) is 6.92 Å². The van der Waals surface area contributed by atoms with Crippen LogP contribution in [0.2, 0.25) is 0 Å². The first-order chi connectivity index (χ1) is 9.19. The van der Waals surface area contributed by atoms with Gasteiger partial charge in [-0.25, -0.2) is 0 Å². The van der Waals surface area contributed by atoms with Crippen LogP contribution in [0.15, 0.2) is 18.2 Å². The second kappa shape index (κ2) is 6.73. The number of thiocarbonyl (C=S) groups is 1. The third kappa shape index (κ3) is 4.08. The molecule has 0 bridgehead atoms. The second-order valence-corrected chi connectivity index (χ2v) is 5.08. The highest BCUT2D eigenvalue weighted by atomic mass is 32.1. The minimum atomic E-state index is 0.277. The maximum Gasteiger partial charge on any atom is 0.170 e. The number of anilines is 1. The minimum Gasteiger partial charge on any atom is -0.495 e. The number of methoxy groups -OCH3 is 1. The minimum absolute atomic E-state index is 0.277. The molecule has 104 valence electrons. The zero-order valence-electron chi connectivity index (χ0n) is 11.4. The zero-order chi connectivity index (χ0) is 13.7. The van der Waals surface area contributed by atoms with Crippen LogP contribution < -0.4 is 15.4 Å². The second-order valence-electron chi connectivity index (χ2n) is 4.67. The lowest BCUT2D eigenvalue weighted by Crippen LogP contribution is -2.34. The maximum atomic E-state index is 5.54. The van der Waals surface area contributed by atoms with Crippen LogP contribution in [-0.2, 0) is 4.74 Å². The van der Waals surface area contributed by atoms with Gasteiger partial charge in [-0.3, -0.25) is 0 Å². The fourth-order valence-corrected chi connectivity index (χ4v) is 2.27. The topological polar surface area (TPSA) is 42.5 Å². The van der Waals surface area contributed by atoms with Gasteiger partial charge in [0.2, 0.25) is 0 Å². The third-order valence-corrected chi connectivity index (χ3v) is 3.37. The molecule has 4 nitrogen and oxygen atoms in total. The number of hydrogen-bond acceptors (Lipinski definition) is 3. The van der Waals surface area contributed by atoms with Gasteiger partial charge in [-0.15, -0.1) is 0 Å². The summed E-state index contributed by atoms with van der Waals surface area (Å²) < 4.78 is 10.9. The number of nitrogens with one attached hydrogen (secondary N) is 2. The summed E-state index contributed by atoms with van der Waals surface area (Å²) in [6, 6.07) is 5.97. The number of rotatable bonds is 4. The first-order valence-corrected chi connectivity index (χ1v) is 6.91. The molecule has 0 unspecified atom stereocenters. The normalized spacial score (nSPS) is 18.1. The summed E-state index contributed by atoms with van der Waals surface area (Å²) in [6.45, 7) is 3.64. The van der Waals surface area contributed by atoms with Crippen molar-refractivity contribution < 1.29 is 9.47 Å². The van der Waals surface area contributed by atoms with Crippen LogP contribution in [0.5, 0.6) is 5.75 Å². The van der Waals surface area contributed by atoms with Crippen molar-refractivity contribution in [3.05, 3.63) is 23.8 Å². The molecule has 1 atom stereocenters. The van der Waals surface area contributed by atoms with Gasteiger partial charge in [-0.1, -0.05) is 6.07 Å². The smallest absolute Gasteiger partial charge is 0.170 e. The molecule has 1 saturated heterocycles. The molecule has 2 N–H and O–H groups in total. The van der Waals surface area contributed by atoms with Crippen molar-refractivity contribution in [2.45, 2.75) is 25.9 Å². The van der Waals surface area contributed by atoms with E-state index in [-0.39, 0.29) is 6.10 Å². The fraction of sp³-hybridized carbons (Fsp3) is 0.500. The summed E-state index contributed by atoms with van der Waals surface area (Å²) in [4.78, 5) is 0. The van der Waals surface area contributed by atoms with Gasteiger partial charge in [0.25, 0.3) is 0 Å². The van der Waals surface area contributed by atoms with Crippen LogP contribution in [0.1, 0.15) is 18.4 Å². The molecule has 2 rings (SSSR count). The lowest BCUT2D eigenvalue weighted by Gasteiger charge is -2.16. The summed E-state index contributed by atoms with van der Waals surface area (Å²) in [5.74, 6) is 0.793. The highest BCUT2D eigenvalue weighted by molar-refractivity contribution is 7.80. The Balaban J connectivity index is 1.87. The Morgan fingerprint density at radius 2 is 2.37 bits per heavy atom. The van der Waals surface area contributed by atoms with Crippen molar-refractivity contribution in [1.29, 1.82) is 0 Å². The molecule has 1 aromatic rings. The van der Waals surface area contributed by atoms with Gasteiger partial charge < -0.3 is 20.1 Å². The van der Waals surface area contributed by atoms with Crippen molar-refractivity contribution in [3.8, 4) is 5.75 Å². The van der Waals surface area contributed by atoms with E-state index in [2.05, 4.69) is 10.6 Å². The summed E-state index contributed by atoms with van der Waals surface area (Å²) in [5, 5.41) is 6.93. The Bertz CT molecular complexity index is 445. The van der Waals surface area contributed by atoms with Gasteiger partial charge >= 0.3 is 0 Å². The average molecular weight is 280 g/mol. The van der Waals surface area contributed by atoms with Crippen molar-refractivity contribution in [1.82, 2.24) is 5.32 Å². The highest BCUT2D eigenvalue weighted by Crippen LogP contribution is 2.25. The quantitative estimate of drug-likeness (QED) is 0.829. The van der Waals surface area contributed by atoms with E-state index in [0.717, 1.165) is 43.0 Å². The number of hydrogen-bond donors (Lipinski definition) is 2. The van der Waals surface area contributed by atoms with Crippen LogP contribution in [0.3, 0.4) is 0 Å². The van der Waals surface area contributed by atoms with Gasteiger partial charge in [0, 0.05) is 13.2 Å². The molecule has 0 radical (unpaired) electrons. The molecule has 1 aliphatic rings. The molecular formula is C14H20N2O2S. The summed E-state index contributed by atoms with van der Waals surface area (Å²) in [7, 11) is 1.66. The molecule has 1 aromatic carbocycles. The van der Waals surface area contributed by atoms with E-state index in [4.69, 9.17) is 21.7 Å². The van der Waals surface area contributed by atoms with E-state index < -0.39 is 0 Å². The van der Waals surface area contributed by atoms with E-state index in [1.807, 2.05) is 25.1 Å². The molecule has 19 heavy (non-hydrogen) atoms. The van der Waals surface area contributed by atoms with Crippen molar-refractivity contribution in [3.63, 3.8) is 0 Å². The first kappa shape index (κ1) is 14.1. The number of aryl methyl sites for hydroxylation is 1. The van der Waals surface area contributed by atoms with Crippen molar-refractivity contribution in [2.75, 3.05) is 25.6 Å². The van der Waals surface area contributed by atoms with Gasteiger partial charge in [0.05, 0.1) is 18.9 Å². The lowest BCUT2D eigenvalue weighted by atomic mass is 10.2. The predicted molar refractivity (Wildman–Crippen MR) is 80.9 cm³/mol. The van der Waals surface area contributed by atoms with Gasteiger partial charge in [-0.05, 0) is 49.7 Å². The highest BCUT2D eigenvalue weighted by Gasteiger charge is 2.15. The predicted octanol–water partition coefficient (Wildman–Crippen LogP) is 2.47. The Morgan fingerprint density at radius 3 is 3.05 bits per heavy atom. The molecule has 0 aliphatic carbocycles. The average Bonchev–Trinajstić information content (AvgIpc) is 2.91. The molecule has 0 aromatic heterocycles. The molecule has 0 spiro atoms. The van der Waals surface area contributed by atoms with E-state index in [0.29, 0.717) is 5.11 Å². The Morgan fingerprint density at radius 1 is 1.53 bits per heavy atom. The molecular weight excluding hydrogens is 260 g/mol. The Hall–Kier alpha value is -1.33. The Kier molecular flexibility index (Phi) is 4.99. The van der Waals surface area contributed by atoms with Crippen LogP contribution in [-0.4, -0.2) is 31.5 Å². The van der Waals surface area contributed by atoms with E-state index in [1.165, 1.54) is 0 Å². The third-order valence-electron chi connectivity index (χ3n) is 3.12. The maximum absolute atomic E-state index is 5.54. The zero-order valence-corrected chi connectivity index (χ0v) is 12.2. The van der Waals surface area contributed by atoms with Crippen molar-refractivity contribution >= 4 is 23.0 Å². The summed E-state index contributed by atoms with van der Waals surface area (Å²) in [5.41, 5.74) is 2.03. The molecule has 1 aliphatic heterocycles. The summed E-state index contributed by atoms with van der Waals surface area (Å²) in [6.07, 6.45) is 2.52. The van der Waals surface area contributed by atoms with Crippen LogP contribution in [0.4, 0.5) is 5.69 Å². The SMILES string of the molecule is COc1cc(C)ccc1NC(=S)NC[C@H]1CCCO1. The van der Waals surface area contributed by atoms with Crippen LogP contribution >= 0.6 is 12.2 Å². The van der Waals surface area contributed by atoms with E-state index >= 15 is 0 Å². The monoisotopic (exact) mass is 280 g/mol. The number of ether oxygens (including phenoxy) is 2. The fourth-order valence-electron chi connectivity index (χ4n) is 2.08. The Labute approximate surface area is 119 Å².